The number of thioether (sulfide) groups is 1. The van der Waals surface area contributed by atoms with Gasteiger partial charge in [0.1, 0.15) is 5.75 Å². The van der Waals surface area contributed by atoms with Crippen LogP contribution in [0.5, 0.6) is 5.75 Å². The highest BCUT2D eigenvalue weighted by molar-refractivity contribution is 7.99. The fourth-order valence-electron chi connectivity index (χ4n) is 3.18. The van der Waals surface area contributed by atoms with Crippen molar-refractivity contribution in [1.82, 2.24) is 15.5 Å². The van der Waals surface area contributed by atoms with Gasteiger partial charge in [0, 0.05) is 5.02 Å². The summed E-state index contributed by atoms with van der Waals surface area (Å²) < 4.78 is 11.2. The Kier molecular flexibility index (Phi) is 8.00. The molecule has 8 heteroatoms. The van der Waals surface area contributed by atoms with Crippen molar-refractivity contribution in [2.24, 2.45) is 0 Å². The van der Waals surface area contributed by atoms with Gasteiger partial charge in [0.05, 0.1) is 11.8 Å². The second-order valence-corrected chi connectivity index (χ2v) is 8.58. The molecule has 0 saturated heterocycles. The first kappa shape index (κ1) is 22.9. The number of rotatable bonds is 10. The number of nitrogens with zero attached hydrogens (tertiary/aromatic N) is 2. The van der Waals surface area contributed by atoms with Gasteiger partial charge in [-0.1, -0.05) is 84.0 Å². The fraction of sp³-hybridized carbons (Fsp3) is 0.160. The number of ether oxygens (including phenoxy) is 1. The van der Waals surface area contributed by atoms with Crippen LogP contribution in [0.4, 0.5) is 0 Å². The van der Waals surface area contributed by atoms with E-state index >= 15 is 0 Å². The van der Waals surface area contributed by atoms with Crippen molar-refractivity contribution in [3.63, 3.8) is 0 Å². The largest absolute Gasteiger partial charge is 0.484 e. The van der Waals surface area contributed by atoms with E-state index in [0.717, 1.165) is 11.1 Å². The zero-order valence-corrected chi connectivity index (χ0v) is 19.3. The number of hydrogen-bond acceptors (Lipinski definition) is 6. The maximum absolute atomic E-state index is 12.7. The molecule has 4 aromatic rings. The molecule has 4 rings (SSSR count). The summed E-state index contributed by atoms with van der Waals surface area (Å²) in [5.41, 5.74) is 2.21. The van der Waals surface area contributed by atoms with E-state index in [0.29, 0.717) is 28.3 Å². The molecular formula is C25H22ClN3O3S. The van der Waals surface area contributed by atoms with E-state index in [1.54, 1.807) is 24.3 Å². The third kappa shape index (κ3) is 7.10. The van der Waals surface area contributed by atoms with Crippen LogP contribution in [-0.4, -0.2) is 21.9 Å². The standard InChI is InChI=1S/C25H22ClN3O3S/c26-20-11-13-21(14-12-20)31-16-24-28-29-25(32-24)33-17-23(30)27-22(19-9-5-2-6-10-19)15-18-7-3-1-4-8-18/h1-14,22H,15-17H2,(H,27,30)/t22-/m0/s1. The van der Waals surface area contributed by atoms with Crippen LogP contribution in [0.3, 0.4) is 0 Å². The SMILES string of the molecule is O=C(CSc1nnc(COc2ccc(Cl)cc2)o1)N[C@@H](Cc1ccccc1)c1ccccc1. The lowest BCUT2D eigenvalue weighted by Crippen LogP contribution is -2.31. The normalized spacial score (nSPS) is 11.7. The lowest BCUT2D eigenvalue weighted by atomic mass is 9.99. The Bertz CT molecular complexity index is 1150. The first-order valence-electron chi connectivity index (χ1n) is 10.4. The molecular weight excluding hydrogens is 458 g/mol. The van der Waals surface area contributed by atoms with Gasteiger partial charge in [-0.3, -0.25) is 4.79 Å². The Labute approximate surface area is 201 Å². The maximum atomic E-state index is 12.7. The zero-order chi connectivity index (χ0) is 22.9. The molecule has 0 aliphatic rings. The zero-order valence-electron chi connectivity index (χ0n) is 17.7. The van der Waals surface area contributed by atoms with Crippen molar-refractivity contribution in [2.75, 3.05) is 5.75 Å². The molecule has 0 bridgehead atoms. The van der Waals surface area contributed by atoms with Crippen molar-refractivity contribution in [3.8, 4) is 5.75 Å². The van der Waals surface area contributed by atoms with E-state index in [9.17, 15) is 4.79 Å². The molecule has 168 valence electrons. The number of hydrogen-bond donors (Lipinski definition) is 1. The van der Waals surface area contributed by atoms with Crippen LogP contribution in [0, 0.1) is 0 Å². The van der Waals surface area contributed by atoms with Crippen LogP contribution in [0.1, 0.15) is 23.1 Å². The minimum absolute atomic E-state index is 0.109. The Morgan fingerprint density at radius 1 is 0.970 bits per heavy atom. The summed E-state index contributed by atoms with van der Waals surface area (Å²) in [5.74, 6) is 1.04. The van der Waals surface area contributed by atoms with Gasteiger partial charge in [0.2, 0.25) is 5.91 Å². The van der Waals surface area contributed by atoms with Gasteiger partial charge in [-0.2, -0.15) is 0 Å². The quantitative estimate of drug-likeness (QED) is 0.303. The molecule has 0 aliphatic carbocycles. The summed E-state index contributed by atoms with van der Waals surface area (Å²) in [6.07, 6.45) is 0.702. The molecule has 0 unspecified atom stereocenters. The van der Waals surface area contributed by atoms with E-state index in [1.807, 2.05) is 48.5 Å². The van der Waals surface area contributed by atoms with Gasteiger partial charge >= 0.3 is 0 Å². The highest BCUT2D eigenvalue weighted by Crippen LogP contribution is 2.21. The third-order valence-electron chi connectivity index (χ3n) is 4.77. The number of benzene rings is 3. The minimum atomic E-state index is -0.132. The molecule has 0 aliphatic heterocycles. The van der Waals surface area contributed by atoms with Crippen molar-refractivity contribution in [1.29, 1.82) is 0 Å². The molecule has 1 N–H and O–H groups in total. The van der Waals surface area contributed by atoms with Crippen LogP contribution in [0.15, 0.2) is 94.6 Å². The molecule has 3 aromatic carbocycles. The maximum Gasteiger partial charge on any atom is 0.277 e. The van der Waals surface area contributed by atoms with Crippen molar-refractivity contribution >= 4 is 29.3 Å². The number of halogens is 1. The average molecular weight is 480 g/mol. The van der Waals surface area contributed by atoms with E-state index in [1.165, 1.54) is 11.8 Å². The highest BCUT2D eigenvalue weighted by atomic mass is 35.5. The molecule has 6 nitrogen and oxygen atoms in total. The minimum Gasteiger partial charge on any atom is -0.484 e. The van der Waals surface area contributed by atoms with E-state index in [2.05, 4.69) is 27.6 Å². The van der Waals surface area contributed by atoms with Crippen LogP contribution in [-0.2, 0) is 17.8 Å². The molecule has 33 heavy (non-hydrogen) atoms. The molecule has 1 heterocycles. The second-order valence-electron chi connectivity index (χ2n) is 7.21. The van der Waals surface area contributed by atoms with Gasteiger partial charge in [0.25, 0.3) is 11.1 Å². The summed E-state index contributed by atoms with van der Waals surface area (Å²) in [6.45, 7) is 0.133. The molecule has 0 radical (unpaired) electrons. The van der Waals surface area contributed by atoms with Crippen LogP contribution in [0.2, 0.25) is 5.02 Å². The molecule has 1 amide bonds. The van der Waals surface area contributed by atoms with Crippen LogP contribution in [0.25, 0.3) is 0 Å². The topological polar surface area (TPSA) is 77.2 Å². The van der Waals surface area contributed by atoms with Gasteiger partial charge in [0.15, 0.2) is 6.61 Å². The number of aromatic nitrogens is 2. The van der Waals surface area contributed by atoms with E-state index in [-0.39, 0.29) is 24.3 Å². The Hall–Kier alpha value is -3.29. The highest BCUT2D eigenvalue weighted by Gasteiger charge is 2.17. The Balaban J connectivity index is 1.30. The first-order chi connectivity index (χ1) is 16.2. The third-order valence-corrected chi connectivity index (χ3v) is 5.84. The molecule has 0 saturated carbocycles. The van der Waals surface area contributed by atoms with Gasteiger partial charge < -0.3 is 14.5 Å². The smallest absolute Gasteiger partial charge is 0.277 e. The predicted octanol–water partition coefficient (Wildman–Crippen LogP) is 5.49. The second kappa shape index (κ2) is 11.5. The summed E-state index contributed by atoms with van der Waals surface area (Å²) in [6, 6.07) is 26.9. The van der Waals surface area contributed by atoms with Crippen molar-refractivity contribution in [3.05, 3.63) is 107 Å². The van der Waals surface area contributed by atoms with E-state index < -0.39 is 0 Å². The first-order valence-corrected chi connectivity index (χ1v) is 11.7. The Morgan fingerprint density at radius 2 is 1.67 bits per heavy atom. The van der Waals surface area contributed by atoms with Crippen LogP contribution >= 0.6 is 23.4 Å². The summed E-state index contributed by atoms with van der Waals surface area (Å²) in [4.78, 5) is 12.7. The Morgan fingerprint density at radius 3 is 2.39 bits per heavy atom. The average Bonchev–Trinajstić information content (AvgIpc) is 3.31. The molecule has 0 spiro atoms. The number of carbonyl (C=O) groups is 1. The van der Waals surface area contributed by atoms with Gasteiger partial charge in [-0.25, -0.2) is 0 Å². The number of amides is 1. The monoisotopic (exact) mass is 479 g/mol. The van der Waals surface area contributed by atoms with Gasteiger partial charge in [-0.15, -0.1) is 10.2 Å². The van der Waals surface area contributed by atoms with Crippen LogP contribution < -0.4 is 10.1 Å². The predicted molar refractivity (Wildman–Crippen MR) is 128 cm³/mol. The summed E-state index contributed by atoms with van der Waals surface area (Å²) >= 11 is 7.06. The van der Waals surface area contributed by atoms with Crippen molar-refractivity contribution < 1.29 is 13.9 Å². The lowest BCUT2D eigenvalue weighted by Gasteiger charge is -2.19. The lowest BCUT2D eigenvalue weighted by molar-refractivity contribution is -0.119. The summed E-state index contributed by atoms with van der Waals surface area (Å²) in [5, 5.41) is 12.0. The van der Waals surface area contributed by atoms with E-state index in [4.69, 9.17) is 20.8 Å². The summed E-state index contributed by atoms with van der Waals surface area (Å²) in [7, 11) is 0. The molecule has 1 aromatic heterocycles. The molecule has 1 atom stereocenters. The van der Waals surface area contributed by atoms with Crippen molar-refractivity contribution in [2.45, 2.75) is 24.3 Å². The number of carbonyl (C=O) groups excluding carboxylic acids is 1. The fourth-order valence-corrected chi connectivity index (χ4v) is 3.90. The molecule has 0 fully saturated rings. The van der Waals surface area contributed by atoms with Gasteiger partial charge in [-0.05, 0) is 41.8 Å². The number of nitrogens with one attached hydrogen (secondary N) is 1.